The minimum Gasteiger partial charge on any atom is -0.318 e. The van der Waals surface area contributed by atoms with Gasteiger partial charge in [0.2, 0.25) is 0 Å². The smallest absolute Gasteiger partial charge is 0.318 e. The van der Waals surface area contributed by atoms with Crippen LogP contribution in [-0.2, 0) is 16.1 Å². The van der Waals surface area contributed by atoms with Gasteiger partial charge in [0.05, 0.1) is 12.1 Å². The second-order valence-corrected chi connectivity index (χ2v) is 6.61. The van der Waals surface area contributed by atoms with Gasteiger partial charge in [-0.3, -0.25) is 0 Å². The van der Waals surface area contributed by atoms with E-state index in [2.05, 4.69) is 12.1 Å². The molecule has 24 heavy (non-hydrogen) atoms. The third kappa shape index (κ3) is 6.06. The summed E-state index contributed by atoms with van der Waals surface area (Å²) < 4.78 is 13.5. The molecule has 0 radical (unpaired) electrons. The van der Waals surface area contributed by atoms with Gasteiger partial charge in [-0.1, -0.05) is 62.4 Å². The van der Waals surface area contributed by atoms with Crippen LogP contribution in [0.5, 0.6) is 0 Å². The maximum absolute atomic E-state index is 13.5. The van der Waals surface area contributed by atoms with E-state index in [0.29, 0.717) is 11.5 Å². The molecule has 1 aromatic carbocycles. The summed E-state index contributed by atoms with van der Waals surface area (Å²) in [5, 5.41) is 4.09. The maximum Gasteiger partial charge on any atom is 0.339 e. The molecule has 2 rings (SSSR count). The summed E-state index contributed by atoms with van der Waals surface area (Å²) in [7, 11) is 0. The Morgan fingerprint density at radius 1 is 1.25 bits per heavy atom. The van der Waals surface area contributed by atoms with Crippen LogP contribution in [-0.4, -0.2) is 11.7 Å². The number of carbonyl (C=O) groups excluding carboxylic acids is 1. The number of hydrogen-bond acceptors (Lipinski definition) is 3. The molecule has 1 aliphatic carbocycles. The van der Waals surface area contributed by atoms with E-state index in [4.69, 9.17) is 4.84 Å². The van der Waals surface area contributed by atoms with E-state index in [0.717, 1.165) is 31.4 Å². The zero-order chi connectivity index (χ0) is 17.2. The summed E-state index contributed by atoms with van der Waals surface area (Å²) in [4.78, 5) is 16.9. The van der Waals surface area contributed by atoms with E-state index in [1.165, 1.54) is 38.2 Å². The predicted molar refractivity (Wildman–Crippen MR) is 94.3 cm³/mol. The SMILES string of the molecule is CCCCCCC[C@H]1CCCC1=NOC(=O)Cc1ccccc1F. The van der Waals surface area contributed by atoms with E-state index >= 15 is 0 Å². The van der Waals surface area contributed by atoms with Crippen molar-refractivity contribution in [3.05, 3.63) is 35.6 Å². The van der Waals surface area contributed by atoms with Crippen LogP contribution < -0.4 is 0 Å². The van der Waals surface area contributed by atoms with Crippen LogP contribution in [0.25, 0.3) is 0 Å². The summed E-state index contributed by atoms with van der Waals surface area (Å²) in [6.07, 6.45) is 10.6. The van der Waals surface area contributed by atoms with E-state index in [1.807, 2.05) is 0 Å². The molecule has 0 amide bonds. The first-order valence-corrected chi connectivity index (χ1v) is 9.20. The van der Waals surface area contributed by atoms with Gasteiger partial charge in [0.25, 0.3) is 0 Å². The molecule has 132 valence electrons. The lowest BCUT2D eigenvalue weighted by Gasteiger charge is -2.10. The van der Waals surface area contributed by atoms with Crippen molar-refractivity contribution in [1.29, 1.82) is 0 Å². The van der Waals surface area contributed by atoms with Gasteiger partial charge in [-0.25, -0.2) is 9.18 Å². The number of halogens is 1. The lowest BCUT2D eigenvalue weighted by atomic mass is 9.98. The van der Waals surface area contributed by atoms with Gasteiger partial charge < -0.3 is 4.84 Å². The molecule has 4 heteroatoms. The Labute approximate surface area is 144 Å². The highest BCUT2D eigenvalue weighted by Crippen LogP contribution is 2.28. The van der Waals surface area contributed by atoms with Crippen molar-refractivity contribution < 1.29 is 14.0 Å². The first kappa shape index (κ1) is 18.6. The van der Waals surface area contributed by atoms with E-state index in [-0.39, 0.29) is 12.2 Å². The molecular formula is C20H28FNO2. The van der Waals surface area contributed by atoms with Crippen molar-refractivity contribution in [2.75, 3.05) is 0 Å². The highest BCUT2D eigenvalue weighted by molar-refractivity contribution is 5.88. The number of hydrogen-bond donors (Lipinski definition) is 0. The molecule has 0 saturated heterocycles. The molecule has 0 spiro atoms. The first-order chi connectivity index (χ1) is 11.7. The Bertz CT molecular complexity index is 556. The van der Waals surface area contributed by atoms with Crippen LogP contribution in [0.1, 0.15) is 70.3 Å². The first-order valence-electron chi connectivity index (χ1n) is 9.20. The van der Waals surface area contributed by atoms with Gasteiger partial charge in [-0.2, -0.15) is 0 Å². The van der Waals surface area contributed by atoms with Crippen molar-refractivity contribution in [3.63, 3.8) is 0 Å². The lowest BCUT2D eigenvalue weighted by molar-refractivity contribution is -0.142. The zero-order valence-electron chi connectivity index (χ0n) is 14.6. The molecule has 0 aliphatic heterocycles. The topological polar surface area (TPSA) is 38.7 Å². The number of benzene rings is 1. The molecule has 3 nitrogen and oxygen atoms in total. The highest BCUT2D eigenvalue weighted by atomic mass is 19.1. The van der Waals surface area contributed by atoms with Crippen molar-refractivity contribution in [3.8, 4) is 0 Å². The van der Waals surface area contributed by atoms with Gasteiger partial charge in [-0.15, -0.1) is 0 Å². The number of unbranched alkanes of at least 4 members (excludes halogenated alkanes) is 4. The standard InChI is InChI=1S/C20H28FNO2/c1-2-3-4-5-6-10-16-12-9-14-19(16)22-24-20(23)15-17-11-7-8-13-18(17)21/h7-8,11,13,16H,2-6,9-10,12,14-15H2,1H3/t16-/m0/s1. The number of carbonyl (C=O) groups is 1. The Balaban J connectivity index is 1.77. The lowest BCUT2D eigenvalue weighted by Crippen LogP contribution is -2.11. The minimum absolute atomic E-state index is 0.0782. The van der Waals surface area contributed by atoms with Gasteiger partial charge in [0.15, 0.2) is 0 Å². The van der Waals surface area contributed by atoms with Crippen LogP contribution in [0.2, 0.25) is 0 Å². The summed E-state index contributed by atoms with van der Waals surface area (Å²) in [6, 6.07) is 6.26. The van der Waals surface area contributed by atoms with Gasteiger partial charge in [0, 0.05) is 5.92 Å². The summed E-state index contributed by atoms with van der Waals surface area (Å²) >= 11 is 0. The fourth-order valence-electron chi connectivity index (χ4n) is 3.26. The Kier molecular flexibility index (Phi) is 7.93. The van der Waals surface area contributed by atoms with Crippen LogP contribution in [0.4, 0.5) is 4.39 Å². The van der Waals surface area contributed by atoms with Crippen molar-refractivity contribution in [1.82, 2.24) is 0 Å². The van der Waals surface area contributed by atoms with Gasteiger partial charge in [0.1, 0.15) is 5.82 Å². The van der Waals surface area contributed by atoms with Crippen LogP contribution in [0.3, 0.4) is 0 Å². The van der Waals surface area contributed by atoms with Gasteiger partial charge in [-0.05, 0) is 37.3 Å². The molecule has 1 atom stereocenters. The summed E-state index contributed by atoms with van der Waals surface area (Å²) in [6.45, 7) is 2.22. The Morgan fingerprint density at radius 2 is 2.04 bits per heavy atom. The summed E-state index contributed by atoms with van der Waals surface area (Å²) in [5.41, 5.74) is 1.36. The Morgan fingerprint density at radius 3 is 2.83 bits per heavy atom. The Hall–Kier alpha value is -1.71. The molecule has 0 aromatic heterocycles. The molecule has 0 heterocycles. The normalized spacial score (nSPS) is 18.9. The van der Waals surface area contributed by atoms with Crippen LogP contribution in [0, 0.1) is 11.7 Å². The molecule has 0 N–H and O–H groups in total. The molecule has 0 unspecified atom stereocenters. The van der Waals surface area contributed by atoms with E-state index in [9.17, 15) is 9.18 Å². The molecular weight excluding hydrogens is 305 g/mol. The van der Waals surface area contributed by atoms with Gasteiger partial charge >= 0.3 is 5.97 Å². The number of rotatable bonds is 9. The van der Waals surface area contributed by atoms with Crippen molar-refractivity contribution >= 4 is 11.7 Å². The monoisotopic (exact) mass is 333 g/mol. The van der Waals surface area contributed by atoms with Crippen molar-refractivity contribution in [2.24, 2.45) is 11.1 Å². The van der Waals surface area contributed by atoms with Crippen molar-refractivity contribution in [2.45, 2.75) is 71.1 Å². The summed E-state index contributed by atoms with van der Waals surface area (Å²) in [5.74, 6) is -0.429. The fourth-order valence-corrected chi connectivity index (χ4v) is 3.26. The average molecular weight is 333 g/mol. The molecule has 1 aliphatic rings. The predicted octanol–water partition coefficient (Wildman–Crippen LogP) is 5.43. The number of oxime groups is 1. The van der Waals surface area contributed by atoms with Crippen LogP contribution in [0.15, 0.2) is 29.4 Å². The third-order valence-electron chi connectivity index (χ3n) is 4.67. The van der Waals surface area contributed by atoms with Crippen LogP contribution >= 0.6 is 0 Å². The molecule has 1 fully saturated rings. The molecule has 0 bridgehead atoms. The van der Waals surface area contributed by atoms with E-state index in [1.54, 1.807) is 18.2 Å². The number of nitrogens with zero attached hydrogens (tertiary/aromatic N) is 1. The molecule has 1 aromatic rings. The largest absolute Gasteiger partial charge is 0.339 e. The zero-order valence-corrected chi connectivity index (χ0v) is 14.6. The average Bonchev–Trinajstić information content (AvgIpc) is 3.02. The molecule has 1 saturated carbocycles. The maximum atomic E-state index is 13.5. The van der Waals surface area contributed by atoms with E-state index < -0.39 is 5.97 Å². The second-order valence-electron chi connectivity index (χ2n) is 6.61. The third-order valence-corrected chi connectivity index (χ3v) is 4.67. The fraction of sp³-hybridized carbons (Fsp3) is 0.600. The highest BCUT2D eigenvalue weighted by Gasteiger charge is 2.23. The second kappa shape index (κ2) is 10.2. The quantitative estimate of drug-likeness (QED) is 0.343. The minimum atomic E-state index is -0.499.